The molecule has 4 heteroatoms. The number of hydrogen-bond acceptors (Lipinski definition) is 2. The lowest BCUT2D eigenvalue weighted by molar-refractivity contribution is -0.684. The minimum Gasteiger partial charge on any atom is -0.287 e. The van der Waals surface area contributed by atoms with Crippen molar-refractivity contribution >= 4 is 21.7 Å². The maximum Gasteiger partial charge on any atom is 0.227 e. The number of aromatic nitrogens is 2. The van der Waals surface area contributed by atoms with Crippen molar-refractivity contribution in [1.29, 1.82) is 0 Å². The summed E-state index contributed by atoms with van der Waals surface area (Å²) in [6, 6.07) is 17.5. The van der Waals surface area contributed by atoms with Gasteiger partial charge in [-0.15, -0.1) is 0 Å². The number of halogens is 1. The maximum absolute atomic E-state index is 12.3. The fourth-order valence-corrected chi connectivity index (χ4v) is 2.63. The molecule has 2 aromatic carbocycles. The van der Waals surface area contributed by atoms with E-state index in [1.807, 2.05) is 59.4 Å². The van der Waals surface area contributed by atoms with Crippen molar-refractivity contribution in [3.8, 4) is 0 Å². The van der Waals surface area contributed by atoms with Gasteiger partial charge in [-0.3, -0.25) is 4.79 Å². The number of ketones is 1. The molecule has 114 valence electrons. The molecular formula is C19H16BrN2O+. The SMILES string of the molecule is O=C(C[n+]1ccnc(Cc2ccc(Br)cc2)c1)c1ccccc1. The number of rotatable bonds is 5. The molecule has 0 bridgehead atoms. The van der Waals surface area contributed by atoms with Crippen LogP contribution in [0.25, 0.3) is 0 Å². The fourth-order valence-electron chi connectivity index (χ4n) is 2.36. The standard InChI is InChI=1S/C19H16BrN2O/c20-17-8-6-15(7-9-17)12-18-13-22(11-10-21-18)14-19(23)16-4-2-1-3-5-16/h1-11,13H,12,14H2/q+1. The minimum absolute atomic E-state index is 0.0939. The molecule has 0 saturated carbocycles. The molecule has 0 aliphatic rings. The Hall–Kier alpha value is -2.33. The number of Topliss-reactive ketones (excluding diaryl/α,β-unsaturated/α-hetero) is 1. The first-order valence-corrected chi connectivity index (χ1v) is 8.17. The highest BCUT2D eigenvalue weighted by Gasteiger charge is 2.12. The van der Waals surface area contributed by atoms with Crippen molar-refractivity contribution in [2.45, 2.75) is 13.0 Å². The molecule has 0 aliphatic heterocycles. The summed E-state index contributed by atoms with van der Waals surface area (Å²) < 4.78 is 2.95. The van der Waals surface area contributed by atoms with Gasteiger partial charge in [-0.05, 0) is 17.7 Å². The highest BCUT2D eigenvalue weighted by Crippen LogP contribution is 2.12. The second kappa shape index (κ2) is 7.29. The maximum atomic E-state index is 12.3. The Kier molecular flexibility index (Phi) is 4.93. The topological polar surface area (TPSA) is 33.8 Å². The van der Waals surface area contributed by atoms with Crippen molar-refractivity contribution in [2.24, 2.45) is 0 Å². The summed E-state index contributed by atoms with van der Waals surface area (Å²) in [4.78, 5) is 16.7. The predicted octanol–water partition coefficient (Wildman–Crippen LogP) is 3.61. The van der Waals surface area contributed by atoms with E-state index in [4.69, 9.17) is 0 Å². The molecule has 3 nitrogen and oxygen atoms in total. The summed E-state index contributed by atoms with van der Waals surface area (Å²) in [6.45, 7) is 0.319. The van der Waals surface area contributed by atoms with E-state index in [9.17, 15) is 4.79 Å². The van der Waals surface area contributed by atoms with Crippen molar-refractivity contribution in [3.63, 3.8) is 0 Å². The molecule has 0 saturated heterocycles. The molecular weight excluding hydrogens is 352 g/mol. The lowest BCUT2D eigenvalue weighted by atomic mass is 10.1. The number of carbonyl (C=O) groups is 1. The molecule has 3 aromatic rings. The molecule has 0 unspecified atom stereocenters. The molecule has 0 atom stereocenters. The molecule has 0 radical (unpaired) electrons. The number of hydrogen-bond donors (Lipinski definition) is 0. The van der Waals surface area contributed by atoms with Crippen LogP contribution in [-0.2, 0) is 13.0 Å². The van der Waals surface area contributed by atoms with Crippen LogP contribution in [0.15, 0.2) is 77.7 Å². The van der Waals surface area contributed by atoms with Crippen molar-refractivity contribution in [1.82, 2.24) is 4.98 Å². The highest BCUT2D eigenvalue weighted by molar-refractivity contribution is 9.10. The summed E-state index contributed by atoms with van der Waals surface area (Å²) in [5.41, 5.74) is 2.86. The van der Waals surface area contributed by atoms with Gasteiger partial charge in [0.1, 0.15) is 5.69 Å². The van der Waals surface area contributed by atoms with Crippen LogP contribution >= 0.6 is 15.9 Å². The van der Waals surface area contributed by atoms with E-state index in [0.29, 0.717) is 6.54 Å². The van der Waals surface area contributed by atoms with E-state index < -0.39 is 0 Å². The summed E-state index contributed by atoms with van der Waals surface area (Å²) in [5.74, 6) is 0.0939. The van der Waals surface area contributed by atoms with Crippen LogP contribution in [-0.4, -0.2) is 10.8 Å². The molecule has 3 rings (SSSR count). The van der Waals surface area contributed by atoms with Gasteiger partial charge in [-0.2, -0.15) is 4.57 Å². The summed E-state index contributed by atoms with van der Waals surface area (Å²) in [6.07, 6.45) is 6.24. The lowest BCUT2D eigenvalue weighted by Crippen LogP contribution is -2.38. The number of carbonyl (C=O) groups excluding carboxylic acids is 1. The molecule has 0 N–H and O–H groups in total. The van der Waals surface area contributed by atoms with E-state index in [1.54, 1.807) is 6.20 Å². The van der Waals surface area contributed by atoms with Gasteiger partial charge < -0.3 is 0 Å². The monoisotopic (exact) mass is 367 g/mol. The Morgan fingerprint density at radius 1 is 1.04 bits per heavy atom. The quantitative estimate of drug-likeness (QED) is 0.509. The van der Waals surface area contributed by atoms with Crippen LogP contribution in [0.5, 0.6) is 0 Å². The van der Waals surface area contributed by atoms with Gasteiger partial charge in [0.05, 0.1) is 6.20 Å². The van der Waals surface area contributed by atoms with Gasteiger partial charge in [0.25, 0.3) is 0 Å². The van der Waals surface area contributed by atoms with Gasteiger partial charge in [0.15, 0.2) is 12.4 Å². The summed E-state index contributed by atoms with van der Waals surface area (Å²) in [5, 5.41) is 0. The third-order valence-corrected chi connectivity index (χ3v) is 4.06. The van der Waals surface area contributed by atoms with E-state index >= 15 is 0 Å². The van der Waals surface area contributed by atoms with Crippen LogP contribution in [0.3, 0.4) is 0 Å². The molecule has 0 amide bonds. The van der Waals surface area contributed by atoms with Crippen LogP contribution in [0.4, 0.5) is 0 Å². The van der Waals surface area contributed by atoms with Gasteiger partial charge >= 0.3 is 0 Å². The van der Waals surface area contributed by atoms with Crippen LogP contribution < -0.4 is 4.57 Å². The Balaban J connectivity index is 1.72. The zero-order valence-corrected chi connectivity index (χ0v) is 14.1. The molecule has 0 aliphatic carbocycles. The van der Waals surface area contributed by atoms with E-state index in [1.165, 1.54) is 5.56 Å². The normalized spacial score (nSPS) is 10.5. The van der Waals surface area contributed by atoms with E-state index in [-0.39, 0.29) is 5.78 Å². The average molecular weight is 368 g/mol. The number of nitrogens with zero attached hydrogens (tertiary/aromatic N) is 2. The first kappa shape index (κ1) is 15.6. The van der Waals surface area contributed by atoms with E-state index in [2.05, 4.69) is 33.0 Å². The van der Waals surface area contributed by atoms with Crippen molar-refractivity contribution < 1.29 is 9.36 Å². The third kappa shape index (κ3) is 4.33. The Labute approximate surface area is 143 Å². The largest absolute Gasteiger partial charge is 0.287 e. The fraction of sp³-hybridized carbons (Fsp3) is 0.105. The Morgan fingerprint density at radius 2 is 1.78 bits per heavy atom. The smallest absolute Gasteiger partial charge is 0.227 e. The van der Waals surface area contributed by atoms with Gasteiger partial charge in [0.2, 0.25) is 12.3 Å². The van der Waals surface area contributed by atoms with E-state index in [0.717, 1.165) is 22.2 Å². The van der Waals surface area contributed by atoms with Gasteiger partial charge in [0, 0.05) is 16.5 Å². The molecule has 23 heavy (non-hydrogen) atoms. The van der Waals surface area contributed by atoms with Gasteiger partial charge in [-0.1, -0.05) is 58.4 Å². The van der Waals surface area contributed by atoms with Crippen LogP contribution in [0.2, 0.25) is 0 Å². The number of benzene rings is 2. The lowest BCUT2D eigenvalue weighted by Gasteiger charge is -2.02. The van der Waals surface area contributed by atoms with Gasteiger partial charge in [-0.25, -0.2) is 4.98 Å². The summed E-state index contributed by atoms with van der Waals surface area (Å²) in [7, 11) is 0. The molecule has 0 fully saturated rings. The first-order chi connectivity index (χ1) is 11.2. The average Bonchev–Trinajstić information content (AvgIpc) is 2.58. The van der Waals surface area contributed by atoms with Crippen LogP contribution in [0, 0.1) is 0 Å². The minimum atomic E-state index is 0.0939. The zero-order valence-electron chi connectivity index (χ0n) is 12.5. The highest BCUT2D eigenvalue weighted by atomic mass is 79.9. The summed E-state index contributed by atoms with van der Waals surface area (Å²) >= 11 is 3.43. The second-order valence-electron chi connectivity index (χ2n) is 5.31. The third-order valence-electron chi connectivity index (χ3n) is 3.53. The van der Waals surface area contributed by atoms with Crippen molar-refractivity contribution in [2.75, 3.05) is 0 Å². The Bertz CT molecular complexity index is 801. The molecule has 1 heterocycles. The Morgan fingerprint density at radius 3 is 2.52 bits per heavy atom. The van der Waals surface area contributed by atoms with Crippen LogP contribution in [0.1, 0.15) is 21.6 Å². The predicted molar refractivity (Wildman–Crippen MR) is 92.2 cm³/mol. The zero-order chi connectivity index (χ0) is 16.1. The molecule has 1 aromatic heterocycles. The second-order valence-corrected chi connectivity index (χ2v) is 6.23. The first-order valence-electron chi connectivity index (χ1n) is 7.37. The molecule has 0 spiro atoms. The van der Waals surface area contributed by atoms with Crippen molar-refractivity contribution in [3.05, 3.63) is 94.5 Å².